The molecule has 1 aromatic carbocycles. The number of halogens is 4. The van der Waals surface area contributed by atoms with Gasteiger partial charge in [-0.15, -0.1) is 11.3 Å². The molecule has 1 aromatic heterocycles. The molecule has 0 bridgehead atoms. The summed E-state index contributed by atoms with van der Waals surface area (Å²) < 4.78 is 40.0. The first-order chi connectivity index (χ1) is 8.06. The van der Waals surface area contributed by atoms with Crippen LogP contribution in [0.1, 0.15) is 4.88 Å². The van der Waals surface area contributed by atoms with Crippen LogP contribution in [0.15, 0.2) is 28.1 Å². The van der Waals surface area contributed by atoms with Crippen LogP contribution < -0.4 is 5.32 Å². The van der Waals surface area contributed by atoms with Gasteiger partial charge in [0, 0.05) is 23.6 Å². The standard InChI is InChI=1S/C11H7BrF3NS/c12-10-2-1-7(17-10)5-16-9-4-6(13)3-8(14)11(9)15/h1-4,16H,5H2. The van der Waals surface area contributed by atoms with Gasteiger partial charge in [-0.25, -0.2) is 13.2 Å². The molecule has 0 aliphatic rings. The SMILES string of the molecule is Fc1cc(F)c(F)c(NCc2ccc(Br)s2)c1. The second-order valence-corrected chi connectivity index (χ2v) is 5.86. The first-order valence-electron chi connectivity index (χ1n) is 4.69. The molecule has 0 radical (unpaired) electrons. The van der Waals surface area contributed by atoms with E-state index in [0.717, 1.165) is 14.7 Å². The molecule has 0 unspecified atom stereocenters. The van der Waals surface area contributed by atoms with E-state index in [-0.39, 0.29) is 5.69 Å². The van der Waals surface area contributed by atoms with Crippen molar-refractivity contribution in [2.24, 2.45) is 0 Å². The Morgan fingerprint density at radius 1 is 1.18 bits per heavy atom. The first-order valence-corrected chi connectivity index (χ1v) is 6.30. The van der Waals surface area contributed by atoms with Gasteiger partial charge >= 0.3 is 0 Å². The van der Waals surface area contributed by atoms with Crippen molar-refractivity contribution in [1.29, 1.82) is 0 Å². The van der Waals surface area contributed by atoms with Crippen LogP contribution in [0, 0.1) is 17.5 Å². The molecule has 0 fully saturated rings. The van der Waals surface area contributed by atoms with E-state index in [2.05, 4.69) is 21.2 Å². The second-order valence-electron chi connectivity index (χ2n) is 3.31. The smallest absolute Gasteiger partial charge is 0.182 e. The van der Waals surface area contributed by atoms with Gasteiger partial charge in [0.15, 0.2) is 11.6 Å². The zero-order chi connectivity index (χ0) is 12.4. The molecule has 6 heteroatoms. The Bertz CT molecular complexity index is 542. The first kappa shape index (κ1) is 12.4. The number of benzene rings is 1. The van der Waals surface area contributed by atoms with Gasteiger partial charge in [-0.1, -0.05) is 0 Å². The van der Waals surface area contributed by atoms with Crippen molar-refractivity contribution in [2.75, 3.05) is 5.32 Å². The van der Waals surface area contributed by atoms with Gasteiger partial charge in [0.2, 0.25) is 0 Å². The average Bonchev–Trinajstić information content (AvgIpc) is 2.67. The van der Waals surface area contributed by atoms with Crippen LogP contribution in [0.3, 0.4) is 0 Å². The van der Waals surface area contributed by atoms with Crippen molar-refractivity contribution in [3.63, 3.8) is 0 Å². The van der Waals surface area contributed by atoms with Crippen LogP contribution >= 0.6 is 27.3 Å². The van der Waals surface area contributed by atoms with Crippen LogP contribution in [0.2, 0.25) is 0 Å². The maximum Gasteiger partial charge on any atom is 0.182 e. The van der Waals surface area contributed by atoms with Gasteiger partial charge in [0.25, 0.3) is 0 Å². The van der Waals surface area contributed by atoms with Gasteiger partial charge < -0.3 is 5.32 Å². The maximum absolute atomic E-state index is 13.3. The molecule has 0 atom stereocenters. The Labute approximate surface area is 108 Å². The number of nitrogens with one attached hydrogen (secondary N) is 1. The summed E-state index contributed by atoms with van der Waals surface area (Å²) >= 11 is 4.76. The summed E-state index contributed by atoms with van der Waals surface area (Å²) in [6.07, 6.45) is 0. The summed E-state index contributed by atoms with van der Waals surface area (Å²) in [5.41, 5.74) is -0.174. The predicted octanol–water partition coefficient (Wildman–Crippen LogP) is 4.54. The molecular formula is C11H7BrF3NS. The highest BCUT2D eigenvalue weighted by Gasteiger charge is 2.10. The lowest BCUT2D eigenvalue weighted by Crippen LogP contribution is -2.02. The molecule has 1 heterocycles. The van der Waals surface area contributed by atoms with Crippen molar-refractivity contribution in [2.45, 2.75) is 6.54 Å². The fourth-order valence-electron chi connectivity index (χ4n) is 1.31. The molecular weight excluding hydrogens is 315 g/mol. The quantitative estimate of drug-likeness (QED) is 0.818. The van der Waals surface area contributed by atoms with Crippen LogP contribution in [0.5, 0.6) is 0 Å². The van der Waals surface area contributed by atoms with E-state index >= 15 is 0 Å². The normalized spacial score (nSPS) is 10.6. The second kappa shape index (κ2) is 5.10. The van der Waals surface area contributed by atoms with Gasteiger partial charge in [-0.05, 0) is 28.1 Å². The molecule has 0 amide bonds. The zero-order valence-corrected chi connectivity index (χ0v) is 10.8. The van der Waals surface area contributed by atoms with Gasteiger partial charge in [-0.3, -0.25) is 0 Å². The molecule has 1 nitrogen and oxygen atoms in total. The summed E-state index contributed by atoms with van der Waals surface area (Å²) in [7, 11) is 0. The lowest BCUT2D eigenvalue weighted by molar-refractivity contribution is 0.497. The number of hydrogen-bond donors (Lipinski definition) is 1. The van der Waals surface area contributed by atoms with E-state index in [1.165, 1.54) is 11.3 Å². The van der Waals surface area contributed by atoms with Gasteiger partial charge in [-0.2, -0.15) is 0 Å². The molecule has 90 valence electrons. The van der Waals surface area contributed by atoms with Crippen molar-refractivity contribution < 1.29 is 13.2 Å². The summed E-state index contributed by atoms with van der Waals surface area (Å²) in [6.45, 7) is 0.316. The summed E-state index contributed by atoms with van der Waals surface area (Å²) in [6, 6.07) is 5.14. The number of rotatable bonds is 3. The van der Waals surface area contributed by atoms with Crippen molar-refractivity contribution >= 4 is 33.0 Å². The zero-order valence-electron chi connectivity index (χ0n) is 8.44. The number of thiophene rings is 1. The fourth-order valence-corrected chi connectivity index (χ4v) is 2.74. The highest BCUT2D eigenvalue weighted by molar-refractivity contribution is 9.11. The van der Waals surface area contributed by atoms with Crippen LogP contribution in [-0.2, 0) is 6.54 Å². The Morgan fingerprint density at radius 3 is 2.59 bits per heavy atom. The topological polar surface area (TPSA) is 12.0 Å². The van der Waals surface area contributed by atoms with Crippen LogP contribution in [0.4, 0.5) is 18.9 Å². The minimum absolute atomic E-state index is 0.174. The minimum atomic E-state index is -1.19. The maximum atomic E-state index is 13.3. The monoisotopic (exact) mass is 321 g/mol. The number of anilines is 1. The highest BCUT2D eigenvalue weighted by Crippen LogP contribution is 2.24. The molecule has 1 N–H and O–H groups in total. The Balaban J connectivity index is 2.14. The lowest BCUT2D eigenvalue weighted by Gasteiger charge is -2.06. The molecule has 17 heavy (non-hydrogen) atoms. The van der Waals surface area contributed by atoms with E-state index in [9.17, 15) is 13.2 Å². The van der Waals surface area contributed by atoms with Gasteiger partial charge in [0.1, 0.15) is 5.82 Å². The van der Waals surface area contributed by atoms with E-state index < -0.39 is 17.5 Å². The third-order valence-corrected chi connectivity index (χ3v) is 3.70. The molecule has 0 saturated heterocycles. The Kier molecular flexibility index (Phi) is 3.73. The van der Waals surface area contributed by atoms with Crippen LogP contribution in [-0.4, -0.2) is 0 Å². The predicted molar refractivity (Wildman–Crippen MR) is 65.7 cm³/mol. The van der Waals surface area contributed by atoms with E-state index in [1.54, 1.807) is 0 Å². The minimum Gasteiger partial charge on any atom is -0.378 e. The van der Waals surface area contributed by atoms with Crippen molar-refractivity contribution in [1.82, 2.24) is 0 Å². The molecule has 2 aromatic rings. The molecule has 0 saturated carbocycles. The molecule has 2 rings (SSSR count). The summed E-state index contributed by atoms with van der Waals surface area (Å²) in [5.74, 6) is -3.07. The average molecular weight is 322 g/mol. The Morgan fingerprint density at radius 2 is 1.94 bits per heavy atom. The van der Waals surface area contributed by atoms with E-state index in [1.807, 2.05) is 12.1 Å². The van der Waals surface area contributed by atoms with Crippen LogP contribution in [0.25, 0.3) is 0 Å². The largest absolute Gasteiger partial charge is 0.378 e. The highest BCUT2D eigenvalue weighted by atomic mass is 79.9. The van der Waals surface area contributed by atoms with Gasteiger partial charge in [0.05, 0.1) is 9.47 Å². The Hall–Kier alpha value is -1.01. The third-order valence-electron chi connectivity index (χ3n) is 2.07. The van der Waals surface area contributed by atoms with Crippen molar-refractivity contribution in [3.8, 4) is 0 Å². The third kappa shape index (κ3) is 3.01. The summed E-state index contributed by atoms with van der Waals surface area (Å²) in [5, 5.41) is 2.66. The fraction of sp³-hybridized carbons (Fsp3) is 0.0909. The molecule has 0 aliphatic heterocycles. The van der Waals surface area contributed by atoms with E-state index in [0.29, 0.717) is 12.6 Å². The van der Waals surface area contributed by atoms with E-state index in [4.69, 9.17) is 0 Å². The molecule has 0 aliphatic carbocycles. The summed E-state index contributed by atoms with van der Waals surface area (Å²) in [4.78, 5) is 0.931. The lowest BCUT2D eigenvalue weighted by atomic mass is 10.2. The number of hydrogen-bond acceptors (Lipinski definition) is 2. The van der Waals surface area contributed by atoms with Crippen molar-refractivity contribution in [3.05, 3.63) is 50.4 Å². The molecule has 0 spiro atoms.